The van der Waals surface area contributed by atoms with Gasteiger partial charge in [-0.05, 0) is 30.7 Å². The second kappa shape index (κ2) is 3.45. The van der Waals surface area contributed by atoms with Crippen molar-refractivity contribution in [3.8, 4) is 0 Å². The number of nitrogens with zero attached hydrogens (tertiary/aromatic N) is 1. The largest absolute Gasteiger partial charge is 0.477 e. The molecule has 0 saturated heterocycles. The van der Waals surface area contributed by atoms with Crippen LogP contribution in [-0.4, -0.2) is 21.4 Å². The lowest BCUT2D eigenvalue weighted by Crippen LogP contribution is -2.05. The number of carboxylic acids is 1. The highest BCUT2D eigenvalue weighted by Crippen LogP contribution is 2.58. The van der Waals surface area contributed by atoms with Gasteiger partial charge in [-0.15, -0.1) is 0 Å². The molecule has 17 heavy (non-hydrogen) atoms. The molecule has 0 amide bonds. The fraction of sp³-hybridized carbons (Fsp3) is 0.538. The van der Waals surface area contributed by atoms with Crippen LogP contribution in [0, 0.1) is 17.8 Å². The van der Waals surface area contributed by atoms with Gasteiger partial charge in [-0.25, -0.2) is 4.79 Å². The molecule has 4 nitrogen and oxygen atoms in total. The lowest BCUT2D eigenvalue weighted by Gasteiger charge is -1.99. The first-order valence-corrected chi connectivity index (χ1v) is 6.03. The fourth-order valence-corrected chi connectivity index (χ4v) is 3.31. The Bertz CT molecular complexity index is 493. The number of carbonyl (C=O) groups is 2. The van der Waals surface area contributed by atoms with Crippen LogP contribution in [0.5, 0.6) is 0 Å². The number of fused-ring (bicyclic) bond motifs is 1. The summed E-state index contributed by atoms with van der Waals surface area (Å²) in [5, 5.41) is 8.94. The van der Waals surface area contributed by atoms with E-state index in [4.69, 9.17) is 5.11 Å². The molecule has 2 unspecified atom stereocenters. The molecule has 1 aromatic heterocycles. The minimum atomic E-state index is -0.984. The normalized spacial score (nSPS) is 30.1. The van der Waals surface area contributed by atoms with E-state index >= 15 is 0 Å². The number of ketones is 1. The topological polar surface area (TPSA) is 59.3 Å². The number of aryl methyl sites for hydroxylation is 1. The van der Waals surface area contributed by atoms with Crippen molar-refractivity contribution >= 4 is 11.8 Å². The van der Waals surface area contributed by atoms with Gasteiger partial charge in [0.05, 0.1) is 0 Å². The summed E-state index contributed by atoms with van der Waals surface area (Å²) in [6.07, 6.45) is 5.22. The third kappa shape index (κ3) is 1.51. The number of Topliss-reactive ketones (excluding diaryl/α,β-unsaturated/α-hetero) is 1. The Balaban J connectivity index is 1.83. The second-order valence-corrected chi connectivity index (χ2v) is 5.18. The highest BCUT2D eigenvalue weighted by atomic mass is 16.4. The van der Waals surface area contributed by atoms with Crippen molar-refractivity contribution in [2.45, 2.75) is 19.3 Å². The van der Waals surface area contributed by atoms with Crippen LogP contribution in [0.25, 0.3) is 0 Å². The Morgan fingerprint density at radius 3 is 2.53 bits per heavy atom. The Morgan fingerprint density at radius 1 is 1.35 bits per heavy atom. The molecule has 2 saturated carbocycles. The van der Waals surface area contributed by atoms with Crippen LogP contribution in [0.15, 0.2) is 12.3 Å². The minimum absolute atomic E-state index is 0.141. The number of aromatic nitrogens is 1. The van der Waals surface area contributed by atoms with E-state index in [-0.39, 0.29) is 17.4 Å². The second-order valence-electron chi connectivity index (χ2n) is 5.18. The van der Waals surface area contributed by atoms with Gasteiger partial charge in [0.1, 0.15) is 5.69 Å². The van der Waals surface area contributed by atoms with E-state index in [1.165, 1.54) is 29.9 Å². The molecule has 2 aliphatic carbocycles. The Hall–Kier alpha value is -1.58. The van der Waals surface area contributed by atoms with Gasteiger partial charge in [0.15, 0.2) is 5.78 Å². The first kappa shape index (κ1) is 10.6. The molecular weight excluding hydrogens is 218 g/mol. The van der Waals surface area contributed by atoms with Crippen molar-refractivity contribution in [3.05, 3.63) is 23.5 Å². The zero-order valence-corrected chi connectivity index (χ0v) is 9.72. The standard InChI is InChI=1S/C13H15NO3/c1-14-6-7(5-10(14)13(16)17)12(15)11-8-3-2-4-9(8)11/h5-6,8-9,11H,2-4H2,1H3,(H,16,17). The summed E-state index contributed by atoms with van der Waals surface area (Å²) in [5.41, 5.74) is 0.739. The SMILES string of the molecule is Cn1cc(C(=O)C2C3CCCC32)cc1C(=O)O. The van der Waals surface area contributed by atoms with Crippen molar-refractivity contribution in [1.29, 1.82) is 0 Å². The molecule has 0 spiro atoms. The van der Waals surface area contributed by atoms with Crippen molar-refractivity contribution in [2.75, 3.05) is 0 Å². The van der Waals surface area contributed by atoms with Crippen LogP contribution in [0.2, 0.25) is 0 Å². The lowest BCUT2D eigenvalue weighted by molar-refractivity contribution is 0.0686. The van der Waals surface area contributed by atoms with E-state index in [1.807, 2.05) is 0 Å². The van der Waals surface area contributed by atoms with Crippen molar-refractivity contribution in [1.82, 2.24) is 4.57 Å². The zero-order valence-electron chi connectivity index (χ0n) is 9.72. The third-order valence-corrected chi connectivity index (χ3v) is 4.22. The smallest absolute Gasteiger partial charge is 0.352 e. The quantitative estimate of drug-likeness (QED) is 0.812. The lowest BCUT2D eigenvalue weighted by atomic mass is 10.0. The maximum atomic E-state index is 12.2. The fourth-order valence-electron chi connectivity index (χ4n) is 3.31. The predicted molar refractivity (Wildman–Crippen MR) is 61.0 cm³/mol. The monoisotopic (exact) mass is 233 g/mol. The minimum Gasteiger partial charge on any atom is -0.477 e. The molecule has 2 fully saturated rings. The van der Waals surface area contributed by atoms with Gasteiger partial charge in [0.25, 0.3) is 0 Å². The highest BCUT2D eigenvalue weighted by Gasteiger charge is 2.56. The van der Waals surface area contributed by atoms with Gasteiger partial charge in [0.2, 0.25) is 0 Å². The van der Waals surface area contributed by atoms with E-state index in [9.17, 15) is 9.59 Å². The van der Waals surface area contributed by atoms with Gasteiger partial charge in [-0.1, -0.05) is 6.42 Å². The van der Waals surface area contributed by atoms with E-state index in [2.05, 4.69) is 0 Å². The first-order valence-electron chi connectivity index (χ1n) is 6.03. The molecular formula is C13H15NO3. The van der Waals surface area contributed by atoms with E-state index < -0.39 is 5.97 Å². The number of aromatic carboxylic acids is 1. The van der Waals surface area contributed by atoms with Crippen molar-refractivity contribution in [3.63, 3.8) is 0 Å². The highest BCUT2D eigenvalue weighted by molar-refractivity contribution is 6.02. The zero-order chi connectivity index (χ0) is 12.2. The summed E-state index contributed by atoms with van der Waals surface area (Å²) in [7, 11) is 1.66. The number of carbonyl (C=O) groups excluding carboxylic acids is 1. The molecule has 1 heterocycles. The van der Waals surface area contributed by atoms with E-state index in [0.29, 0.717) is 17.4 Å². The molecule has 1 aromatic rings. The van der Waals surface area contributed by atoms with Crippen LogP contribution in [-0.2, 0) is 7.05 Å². The summed E-state index contributed by atoms with van der Waals surface area (Å²) in [6, 6.07) is 1.50. The van der Waals surface area contributed by atoms with Gasteiger partial charge in [-0.2, -0.15) is 0 Å². The molecule has 2 atom stereocenters. The van der Waals surface area contributed by atoms with Crippen molar-refractivity contribution < 1.29 is 14.7 Å². The van der Waals surface area contributed by atoms with Gasteiger partial charge < -0.3 is 9.67 Å². The van der Waals surface area contributed by atoms with Crippen LogP contribution in [0.3, 0.4) is 0 Å². The number of carboxylic acid groups (broad SMARTS) is 1. The van der Waals surface area contributed by atoms with Crippen LogP contribution in [0.1, 0.15) is 40.1 Å². The summed E-state index contributed by atoms with van der Waals surface area (Å²) >= 11 is 0. The maximum Gasteiger partial charge on any atom is 0.352 e. The number of rotatable bonds is 3. The third-order valence-electron chi connectivity index (χ3n) is 4.22. The average molecular weight is 233 g/mol. The predicted octanol–water partition coefficient (Wildman–Crippen LogP) is 1.95. The average Bonchev–Trinajstić information content (AvgIpc) is 2.67. The Labute approximate surface area is 99.2 Å². The molecule has 0 radical (unpaired) electrons. The van der Waals surface area contributed by atoms with Gasteiger partial charge in [0, 0.05) is 24.7 Å². The number of hydrogen-bond donors (Lipinski definition) is 1. The van der Waals surface area contributed by atoms with E-state index in [0.717, 1.165) is 0 Å². The molecule has 0 aliphatic heterocycles. The summed E-state index contributed by atoms with van der Waals surface area (Å²) in [5.74, 6) is 0.491. The van der Waals surface area contributed by atoms with Gasteiger partial charge in [-0.3, -0.25) is 4.79 Å². The Morgan fingerprint density at radius 2 is 2.00 bits per heavy atom. The number of hydrogen-bond acceptors (Lipinski definition) is 2. The Kier molecular flexibility index (Phi) is 2.15. The van der Waals surface area contributed by atoms with E-state index in [1.54, 1.807) is 13.2 Å². The molecule has 3 rings (SSSR count). The molecule has 90 valence electrons. The summed E-state index contributed by atoms with van der Waals surface area (Å²) in [4.78, 5) is 23.1. The molecule has 2 aliphatic rings. The summed E-state index contributed by atoms with van der Waals surface area (Å²) < 4.78 is 1.51. The molecule has 1 N–H and O–H groups in total. The molecule has 4 heteroatoms. The van der Waals surface area contributed by atoms with Crippen LogP contribution < -0.4 is 0 Å². The van der Waals surface area contributed by atoms with Crippen LogP contribution >= 0.6 is 0 Å². The molecule has 0 aromatic carbocycles. The molecule has 0 bridgehead atoms. The van der Waals surface area contributed by atoms with Crippen molar-refractivity contribution in [2.24, 2.45) is 24.8 Å². The maximum absolute atomic E-state index is 12.2. The van der Waals surface area contributed by atoms with Gasteiger partial charge >= 0.3 is 5.97 Å². The van der Waals surface area contributed by atoms with Crippen LogP contribution in [0.4, 0.5) is 0 Å². The first-order chi connectivity index (χ1) is 8.09. The summed E-state index contributed by atoms with van der Waals surface area (Å²) in [6.45, 7) is 0.